The van der Waals surface area contributed by atoms with E-state index in [4.69, 9.17) is 13.9 Å². The molecule has 116 valence electrons. The molecule has 0 radical (unpaired) electrons. The van der Waals surface area contributed by atoms with Gasteiger partial charge in [0.2, 0.25) is 14.4 Å². The molecular weight excluding hydrogens is 272 g/mol. The summed E-state index contributed by atoms with van der Waals surface area (Å²) in [6.45, 7) is 19.8. The number of methoxy groups -OCH3 is 1. The van der Waals surface area contributed by atoms with Crippen molar-refractivity contribution in [1.29, 1.82) is 0 Å². The molecule has 0 saturated heterocycles. The molecule has 5 heteroatoms. The molecule has 0 bridgehead atoms. The van der Waals surface area contributed by atoms with Crippen LogP contribution in [-0.4, -0.2) is 33.6 Å². The Morgan fingerprint density at radius 2 is 1.80 bits per heavy atom. The van der Waals surface area contributed by atoms with Crippen molar-refractivity contribution in [2.24, 2.45) is 0 Å². The maximum Gasteiger partial charge on any atom is 0.342 e. The molecule has 2 atom stereocenters. The van der Waals surface area contributed by atoms with Gasteiger partial charge in [0, 0.05) is 0 Å². The lowest BCUT2D eigenvalue weighted by Gasteiger charge is -2.38. The predicted octanol–water partition coefficient (Wildman–Crippen LogP) is 3.65. The second-order valence-corrected chi connectivity index (χ2v) is 11.0. The van der Waals surface area contributed by atoms with Crippen LogP contribution in [0.5, 0.6) is 0 Å². The van der Waals surface area contributed by atoms with Crippen molar-refractivity contribution in [3.8, 4) is 0 Å². The summed E-state index contributed by atoms with van der Waals surface area (Å²) in [5.74, 6) is -0.209. The summed E-state index contributed by atoms with van der Waals surface area (Å²) in [6.07, 6.45) is 0.385. The number of hydrogen-bond acceptors (Lipinski definition) is 4. The molecule has 0 aliphatic heterocycles. The van der Waals surface area contributed by atoms with Gasteiger partial charge in [0.05, 0.1) is 13.2 Å². The van der Waals surface area contributed by atoms with Crippen LogP contribution in [0.4, 0.5) is 0 Å². The van der Waals surface area contributed by atoms with Crippen molar-refractivity contribution in [1.82, 2.24) is 0 Å². The molecule has 0 N–H and O–H groups in total. The fraction of sp³-hybridized carbons (Fsp3) is 0.667. The van der Waals surface area contributed by atoms with Gasteiger partial charge in [0.25, 0.3) is 0 Å². The molecule has 0 aliphatic rings. The van der Waals surface area contributed by atoms with Crippen LogP contribution in [0.2, 0.25) is 18.1 Å². The normalized spacial score (nSPS) is 15.2. The molecule has 0 aliphatic carbocycles. The monoisotopic (exact) mass is 300 g/mol. The van der Waals surface area contributed by atoms with Crippen LogP contribution >= 0.6 is 0 Å². The van der Waals surface area contributed by atoms with E-state index in [1.54, 1.807) is 13.0 Å². The first-order valence-corrected chi connectivity index (χ1v) is 9.60. The van der Waals surface area contributed by atoms with Gasteiger partial charge < -0.3 is 13.9 Å². The van der Waals surface area contributed by atoms with Crippen LogP contribution in [0.1, 0.15) is 27.7 Å². The van der Waals surface area contributed by atoms with E-state index < -0.39 is 20.4 Å². The first-order valence-electron chi connectivity index (χ1n) is 6.70. The third-order valence-electron chi connectivity index (χ3n) is 3.58. The van der Waals surface area contributed by atoms with E-state index in [1.165, 1.54) is 7.11 Å². The largest absolute Gasteiger partial charge is 0.545 e. The third kappa shape index (κ3) is 5.13. The zero-order valence-corrected chi connectivity index (χ0v) is 14.8. The van der Waals surface area contributed by atoms with Crippen LogP contribution in [0.25, 0.3) is 0 Å². The lowest BCUT2D eigenvalue weighted by Crippen LogP contribution is -2.43. The standard InChI is InChI=1S/C15H28O4Si/c1-10-11(2)18-13(14(16)17-7)12(3)19-20(8,9)15(4,5)6/h10-11,13H,1,3H2,2,4-9H3/t11-,13?/m0/s1. The molecule has 0 aromatic rings. The lowest BCUT2D eigenvalue weighted by atomic mass is 10.2. The van der Waals surface area contributed by atoms with E-state index >= 15 is 0 Å². The minimum absolute atomic E-state index is 0.0145. The highest BCUT2D eigenvalue weighted by Crippen LogP contribution is 2.38. The fourth-order valence-electron chi connectivity index (χ4n) is 1.17. The molecule has 20 heavy (non-hydrogen) atoms. The Kier molecular flexibility index (Phi) is 6.70. The Morgan fingerprint density at radius 3 is 2.15 bits per heavy atom. The lowest BCUT2D eigenvalue weighted by molar-refractivity contribution is -0.154. The van der Waals surface area contributed by atoms with Gasteiger partial charge in [-0.2, -0.15) is 0 Å². The highest BCUT2D eigenvalue weighted by molar-refractivity contribution is 6.74. The number of carbonyl (C=O) groups excluding carboxylic acids is 1. The SMILES string of the molecule is C=C[C@H](C)OC(C(=C)O[Si](C)(C)C(C)(C)C)C(=O)OC. The van der Waals surface area contributed by atoms with E-state index in [9.17, 15) is 4.79 Å². The van der Waals surface area contributed by atoms with Crippen LogP contribution in [-0.2, 0) is 18.7 Å². The van der Waals surface area contributed by atoms with Crippen LogP contribution in [0.3, 0.4) is 0 Å². The van der Waals surface area contributed by atoms with Gasteiger partial charge in [-0.25, -0.2) is 4.79 Å². The summed E-state index contributed by atoms with van der Waals surface area (Å²) in [7, 11) is -0.747. The van der Waals surface area contributed by atoms with Crippen molar-refractivity contribution in [3.63, 3.8) is 0 Å². The third-order valence-corrected chi connectivity index (χ3v) is 7.97. The summed E-state index contributed by atoms with van der Waals surface area (Å²) in [5.41, 5.74) is 0. The average Bonchev–Trinajstić information content (AvgIpc) is 2.32. The predicted molar refractivity (Wildman–Crippen MR) is 84.0 cm³/mol. The summed E-state index contributed by atoms with van der Waals surface area (Å²) < 4.78 is 16.4. The smallest absolute Gasteiger partial charge is 0.342 e. The molecule has 4 nitrogen and oxygen atoms in total. The number of rotatable bonds is 7. The van der Waals surface area contributed by atoms with E-state index in [0.29, 0.717) is 5.76 Å². The maximum atomic E-state index is 11.8. The summed E-state index contributed by atoms with van der Waals surface area (Å²) in [4.78, 5) is 11.8. The Morgan fingerprint density at radius 1 is 1.30 bits per heavy atom. The first-order chi connectivity index (χ1) is 8.96. The minimum atomic E-state index is -2.06. The van der Waals surface area contributed by atoms with Crippen LogP contribution in [0, 0.1) is 0 Å². The molecule has 0 spiro atoms. The number of carbonyl (C=O) groups is 1. The summed E-state index contributed by atoms with van der Waals surface area (Å²) in [5, 5.41) is 0.0145. The van der Waals surface area contributed by atoms with Gasteiger partial charge in [-0.15, -0.1) is 6.58 Å². The zero-order chi connectivity index (χ0) is 16.1. The van der Waals surface area contributed by atoms with Crippen molar-refractivity contribution < 1.29 is 18.7 Å². The van der Waals surface area contributed by atoms with Crippen molar-refractivity contribution >= 4 is 14.3 Å². The van der Waals surface area contributed by atoms with E-state index in [-0.39, 0.29) is 11.1 Å². The Bertz CT molecular complexity index is 369. The zero-order valence-electron chi connectivity index (χ0n) is 13.8. The number of ether oxygens (including phenoxy) is 2. The van der Waals surface area contributed by atoms with E-state index in [0.717, 1.165) is 0 Å². The number of hydrogen-bond donors (Lipinski definition) is 0. The molecule has 0 amide bonds. The maximum absolute atomic E-state index is 11.8. The molecule has 0 heterocycles. The van der Waals surface area contributed by atoms with Gasteiger partial charge >= 0.3 is 5.97 Å². The van der Waals surface area contributed by atoms with E-state index in [1.807, 2.05) is 0 Å². The van der Waals surface area contributed by atoms with Gasteiger partial charge in [-0.1, -0.05) is 33.4 Å². The molecule has 0 saturated carbocycles. The van der Waals surface area contributed by atoms with Crippen molar-refractivity contribution in [2.45, 2.75) is 58.0 Å². The van der Waals surface area contributed by atoms with E-state index in [2.05, 4.69) is 47.0 Å². The quantitative estimate of drug-likeness (QED) is 0.311. The van der Waals surface area contributed by atoms with Gasteiger partial charge in [0.15, 0.2) is 0 Å². The van der Waals surface area contributed by atoms with Crippen molar-refractivity contribution in [2.75, 3.05) is 7.11 Å². The summed E-state index contributed by atoms with van der Waals surface area (Å²) in [6, 6.07) is 0. The second-order valence-electron chi connectivity index (χ2n) is 6.31. The molecular formula is C15H28O4Si. The molecule has 0 rings (SSSR count). The number of esters is 1. The van der Waals surface area contributed by atoms with Crippen molar-refractivity contribution in [3.05, 3.63) is 25.0 Å². The van der Waals surface area contributed by atoms with Gasteiger partial charge in [-0.05, 0) is 25.1 Å². The summed E-state index contributed by atoms with van der Waals surface area (Å²) >= 11 is 0. The van der Waals surface area contributed by atoms with Crippen LogP contribution in [0.15, 0.2) is 25.0 Å². The average molecular weight is 300 g/mol. The highest BCUT2D eigenvalue weighted by atomic mass is 28.4. The molecule has 0 aromatic heterocycles. The van der Waals surface area contributed by atoms with Crippen LogP contribution < -0.4 is 0 Å². The second kappa shape index (κ2) is 7.08. The first kappa shape index (κ1) is 18.9. The topological polar surface area (TPSA) is 44.8 Å². The fourth-order valence-corrected chi connectivity index (χ4v) is 2.24. The minimum Gasteiger partial charge on any atom is -0.545 e. The van der Waals surface area contributed by atoms with Gasteiger partial charge in [-0.3, -0.25) is 0 Å². The Balaban J connectivity index is 5.06. The Hall–Kier alpha value is -1.07. The Labute approximate surface area is 123 Å². The highest BCUT2D eigenvalue weighted by Gasteiger charge is 2.41. The van der Waals surface area contributed by atoms with Gasteiger partial charge in [0.1, 0.15) is 5.76 Å². The molecule has 1 unspecified atom stereocenters. The molecule has 0 fully saturated rings. The molecule has 0 aromatic carbocycles.